The van der Waals surface area contributed by atoms with Crippen LogP contribution in [0, 0.1) is 11.8 Å². The van der Waals surface area contributed by atoms with Crippen molar-refractivity contribution >= 4 is 17.6 Å². The molecule has 1 fully saturated rings. The summed E-state index contributed by atoms with van der Waals surface area (Å²) in [6.07, 6.45) is 1.49. The maximum absolute atomic E-state index is 12.2. The fraction of sp³-hybridized carbons (Fsp3) is 0.600. The van der Waals surface area contributed by atoms with Gasteiger partial charge in [0.15, 0.2) is 0 Å². The van der Waals surface area contributed by atoms with Gasteiger partial charge in [-0.2, -0.15) is 0 Å². The molecule has 0 aromatic heterocycles. The van der Waals surface area contributed by atoms with Gasteiger partial charge in [0, 0.05) is 5.69 Å². The third-order valence-electron chi connectivity index (χ3n) is 4.30. The third kappa shape index (κ3) is 6.67. The highest BCUT2D eigenvalue weighted by molar-refractivity contribution is 5.92. The summed E-state index contributed by atoms with van der Waals surface area (Å²) >= 11 is 0. The van der Waals surface area contributed by atoms with Crippen molar-refractivity contribution < 1.29 is 19.1 Å². The summed E-state index contributed by atoms with van der Waals surface area (Å²) in [5.41, 5.74) is 0.758. The van der Waals surface area contributed by atoms with Gasteiger partial charge in [-0.15, -0.1) is 0 Å². The predicted octanol–water partition coefficient (Wildman–Crippen LogP) is 2.94. The van der Waals surface area contributed by atoms with E-state index in [1.165, 1.54) is 0 Å². The Bertz CT molecular complexity index is 578. The van der Waals surface area contributed by atoms with Crippen LogP contribution in [0.3, 0.4) is 0 Å². The number of anilines is 1. The van der Waals surface area contributed by atoms with Crippen molar-refractivity contribution in [2.45, 2.75) is 33.6 Å². The van der Waals surface area contributed by atoms with Crippen LogP contribution in [-0.2, 0) is 14.3 Å². The Balaban J connectivity index is 1.73. The molecule has 0 atom stereocenters. The van der Waals surface area contributed by atoms with Gasteiger partial charge in [0.1, 0.15) is 5.75 Å². The van der Waals surface area contributed by atoms with E-state index in [1.807, 2.05) is 31.2 Å². The van der Waals surface area contributed by atoms with E-state index in [2.05, 4.69) is 24.1 Å². The Morgan fingerprint density at radius 1 is 1.19 bits per heavy atom. The van der Waals surface area contributed by atoms with Gasteiger partial charge in [-0.1, -0.05) is 13.8 Å². The summed E-state index contributed by atoms with van der Waals surface area (Å²) in [7, 11) is 0. The van der Waals surface area contributed by atoms with Gasteiger partial charge in [0.2, 0.25) is 5.91 Å². The number of nitrogens with one attached hydrogen (secondary N) is 1. The lowest BCUT2D eigenvalue weighted by atomic mass is 9.97. The quantitative estimate of drug-likeness (QED) is 0.720. The molecular weight excluding hydrogens is 332 g/mol. The molecule has 26 heavy (non-hydrogen) atoms. The first-order valence-electron chi connectivity index (χ1n) is 9.39. The number of benzene rings is 1. The first-order valence-corrected chi connectivity index (χ1v) is 9.39. The van der Waals surface area contributed by atoms with E-state index in [-0.39, 0.29) is 17.8 Å². The molecule has 0 aliphatic carbocycles. The zero-order valence-corrected chi connectivity index (χ0v) is 16.0. The van der Waals surface area contributed by atoms with Crippen molar-refractivity contribution in [3.63, 3.8) is 0 Å². The Morgan fingerprint density at radius 3 is 2.42 bits per heavy atom. The number of carbonyl (C=O) groups is 2. The van der Waals surface area contributed by atoms with Gasteiger partial charge in [-0.05, 0) is 63.0 Å². The molecule has 0 unspecified atom stereocenters. The molecule has 6 heteroatoms. The van der Waals surface area contributed by atoms with Crippen LogP contribution >= 0.6 is 0 Å². The zero-order valence-electron chi connectivity index (χ0n) is 16.0. The van der Waals surface area contributed by atoms with E-state index in [0.29, 0.717) is 25.7 Å². The molecular formula is C20H30N2O4. The number of amides is 1. The number of ether oxygens (including phenoxy) is 2. The molecule has 1 N–H and O–H groups in total. The van der Waals surface area contributed by atoms with Crippen molar-refractivity contribution in [1.29, 1.82) is 0 Å². The SMILES string of the molecule is CCOC(=O)C1CCN(CC(=O)Nc2ccc(OCC(C)C)cc2)CC1. The predicted molar refractivity (Wildman–Crippen MR) is 101 cm³/mol. The molecule has 1 aliphatic heterocycles. The Labute approximate surface area is 155 Å². The number of rotatable bonds is 8. The molecule has 1 aromatic carbocycles. The summed E-state index contributed by atoms with van der Waals surface area (Å²) in [5, 5.41) is 2.91. The van der Waals surface area contributed by atoms with Crippen LogP contribution < -0.4 is 10.1 Å². The number of nitrogens with zero attached hydrogens (tertiary/aromatic N) is 1. The zero-order chi connectivity index (χ0) is 18.9. The van der Waals surface area contributed by atoms with E-state index in [9.17, 15) is 9.59 Å². The normalized spacial score (nSPS) is 15.7. The summed E-state index contributed by atoms with van der Waals surface area (Å²) in [6.45, 7) is 8.92. The van der Waals surface area contributed by atoms with Gasteiger partial charge in [-0.3, -0.25) is 14.5 Å². The smallest absolute Gasteiger partial charge is 0.309 e. The summed E-state index contributed by atoms with van der Waals surface area (Å²) in [6, 6.07) is 7.42. The number of piperidine rings is 1. The second-order valence-electron chi connectivity index (χ2n) is 7.08. The average molecular weight is 362 g/mol. The number of hydrogen-bond acceptors (Lipinski definition) is 5. The standard InChI is InChI=1S/C20H30N2O4/c1-4-25-20(24)16-9-11-22(12-10-16)13-19(23)21-17-5-7-18(8-6-17)26-14-15(2)3/h5-8,15-16H,4,9-14H2,1-3H3,(H,21,23). The van der Waals surface area contributed by atoms with Crippen LogP contribution in [0.1, 0.15) is 33.6 Å². The fourth-order valence-electron chi connectivity index (χ4n) is 2.89. The number of carbonyl (C=O) groups excluding carboxylic acids is 2. The van der Waals surface area contributed by atoms with Gasteiger partial charge in [-0.25, -0.2) is 0 Å². The summed E-state index contributed by atoms with van der Waals surface area (Å²) in [4.78, 5) is 26.0. The van der Waals surface area contributed by atoms with Crippen LogP contribution in [0.25, 0.3) is 0 Å². The highest BCUT2D eigenvalue weighted by atomic mass is 16.5. The molecule has 0 spiro atoms. The minimum Gasteiger partial charge on any atom is -0.493 e. The average Bonchev–Trinajstić information content (AvgIpc) is 2.62. The third-order valence-corrected chi connectivity index (χ3v) is 4.30. The molecule has 1 saturated heterocycles. The molecule has 1 aliphatic rings. The molecule has 6 nitrogen and oxygen atoms in total. The molecule has 144 valence electrons. The second-order valence-corrected chi connectivity index (χ2v) is 7.08. The molecule has 0 radical (unpaired) electrons. The molecule has 0 saturated carbocycles. The molecule has 2 rings (SSSR count). The van der Waals surface area contributed by atoms with Crippen LogP contribution in [0.2, 0.25) is 0 Å². The van der Waals surface area contributed by atoms with Gasteiger partial charge in [0.25, 0.3) is 0 Å². The lowest BCUT2D eigenvalue weighted by Gasteiger charge is -2.30. The lowest BCUT2D eigenvalue weighted by Crippen LogP contribution is -2.41. The molecule has 1 amide bonds. The molecule has 0 bridgehead atoms. The lowest BCUT2D eigenvalue weighted by molar-refractivity contribution is -0.149. The van der Waals surface area contributed by atoms with Crippen LogP contribution in [0.4, 0.5) is 5.69 Å². The Morgan fingerprint density at radius 2 is 1.85 bits per heavy atom. The summed E-state index contributed by atoms with van der Waals surface area (Å²) in [5.74, 6) is 1.08. The summed E-state index contributed by atoms with van der Waals surface area (Å²) < 4.78 is 10.7. The van der Waals surface area contributed by atoms with E-state index in [4.69, 9.17) is 9.47 Å². The Kier molecular flexibility index (Phi) is 7.91. The van der Waals surface area contributed by atoms with Crippen LogP contribution in [0.15, 0.2) is 24.3 Å². The van der Waals surface area contributed by atoms with Crippen LogP contribution in [0.5, 0.6) is 5.75 Å². The van der Waals surface area contributed by atoms with Crippen molar-refractivity contribution in [3.8, 4) is 5.75 Å². The van der Waals surface area contributed by atoms with E-state index < -0.39 is 0 Å². The monoisotopic (exact) mass is 362 g/mol. The van der Waals surface area contributed by atoms with Crippen LogP contribution in [-0.4, -0.2) is 49.6 Å². The largest absolute Gasteiger partial charge is 0.493 e. The van der Waals surface area contributed by atoms with E-state index in [0.717, 1.165) is 37.4 Å². The van der Waals surface area contributed by atoms with Gasteiger partial charge >= 0.3 is 5.97 Å². The van der Waals surface area contributed by atoms with E-state index in [1.54, 1.807) is 0 Å². The van der Waals surface area contributed by atoms with Crippen molar-refractivity contribution in [2.24, 2.45) is 11.8 Å². The topological polar surface area (TPSA) is 67.9 Å². The molecule has 1 aromatic rings. The van der Waals surface area contributed by atoms with Crippen molar-refractivity contribution in [2.75, 3.05) is 38.2 Å². The Hall–Kier alpha value is -2.08. The first kappa shape index (κ1) is 20.2. The highest BCUT2D eigenvalue weighted by Gasteiger charge is 2.26. The number of likely N-dealkylation sites (tertiary alicyclic amines) is 1. The number of hydrogen-bond donors (Lipinski definition) is 1. The minimum absolute atomic E-state index is 0.0346. The molecule has 1 heterocycles. The second kappa shape index (κ2) is 10.2. The first-order chi connectivity index (χ1) is 12.5. The number of esters is 1. The van der Waals surface area contributed by atoms with Crippen molar-refractivity contribution in [1.82, 2.24) is 4.90 Å². The minimum atomic E-state index is -0.114. The fourth-order valence-corrected chi connectivity index (χ4v) is 2.89. The maximum Gasteiger partial charge on any atom is 0.309 e. The van der Waals surface area contributed by atoms with E-state index >= 15 is 0 Å². The van der Waals surface area contributed by atoms with Gasteiger partial charge < -0.3 is 14.8 Å². The maximum atomic E-state index is 12.2. The van der Waals surface area contributed by atoms with Gasteiger partial charge in [0.05, 0.1) is 25.7 Å². The highest BCUT2D eigenvalue weighted by Crippen LogP contribution is 2.19. The van der Waals surface area contributed by atoms with Crippen molar-refractivity contribution in [3.05, 3.63) is 24.3 Å².